The first-order valence-corrected chi connectivity index (χ1v) is 3.31. The molecular formula is C6H7ClO3. The van der Waals surface area contributed by atoms with Gasteiger partial charge in [-0.05, 0) is 18.0 Å². The minimum absolute atomic E-state index is 0.269. The zero-order valence-electron chi connectivity index (χ0n) is 5.46. The largest absolute Gasteiger partial charge is 0.469 e. The van der Waals surface area contributed by atoms with Crippen molar-refractivity contribution in [2.75, 3.05) is 7.11 Å². The summed E-state index contributed by atoms with van der Waals surface area (Å²) < 4.78 is 4.40. The Morgan fingerprint density at radius 2 is 2.10 bits per heavy atom. The number of hydrogen-bond acceptors (Lipinski definition) is 3. The lowest BCUT2D eigenvalue weighted by Crippen LogP contribution is -2.06. The first-order valence-electron chi connectivity index (χ1n) is 2.94. The Morgan fingerprint density at radius 1 is 1.50 bits per heavy atom. The van der Waals surface area contributed by atoms with Crippen LogP contribution in [0, 0.1) is 11.8 Å². The summed E-state index contributed by atoms with van der Waals surface area (Å²) in [7, 11) is 1.30. The molecule has 56 valence electrons. The van der Waals surface area contributed by atoms with Crippen LogP contribution in [0.1, 0.15) is 6.42 Å². The standard InChI is InChI=1S/C6H7ClO3/c1-10-6(9)4-2-3(4)5(7)8/h3-4H,2H2,1H3/t3-,4+/m1/s1. The smallest absolute Gasteiger partial charge is 0.309 e. The van der Waals surface area contributed by atoms with Crippen LogP contribution >= 0.6 is 11.6 Å². The summed E-state index contributed by atoms with van der Waals surface area (Å²) in [4.78, 5) is 21.1. The molecule has 0 aliphatic heterocycles. The summed E-state index contributed by atoms with van der Waals surface area (Å²) >= 11 is 5.12. The monoisotopic (exact) mass is 162 g/mol. The molecule has 0 saturated heterocycles. The Labute approximate surface area is 63.3 Å². The van der Waals surface area contributed by atoms with E-state index in [4.69, 9.17) is 11.6 Å². The lowest BCUT2D eigenvalue weighted by molar-refractivity contribution is -0.143. The van der Waals surface area contributed by atoms with Crippen LogP contribution in [0.15, 0.2) is 0 Å². The number of rotatable bonds is 2. The van der Waals surface area contributed by atoms with E-state index in [1.54, 1.807) is 0 Å². The second kappa shape index (κ2) is 2.58. The van der Waals surface area contributed by atoms with Crippen molar-refractivity contribution in [3.05, 3.63) is 0 Å². The van der Waals surface area contributed by atoms with E-state index in [-0.39, 0.29) is 17.8 Å². The van der Waals surface area contributed by atoms with Crippen molar-refractivity contribution in [1.82, 2.24) is 0 Å². The minimum atomic E-state index is -0.435. The van der Waals surface area contributed by atoms with Gasteiger partial charge in [0.25, 0.3) is 0 Å². The van der Waals surface area contributed by atoms with E-state index in [9.17, 15) is 9.59 Å². The van der Waals surface area contributed by atoms with Crippen molar-refractivity contribution in [2.24, 2.45) is 11.8 Å². The van der Waals surface area contributed by atoms with Gasteiger partial charge in [0.15, 0.2) is 0 Å². The lowest BCUT2D eigenvalue weighted by atomic mass is 10.3. The molecule has 10 heavy (non-hydrogen) atoms. The van der Waals surface area contributed by atoms with Crippen molar-refractivity contribution < 1.29 is 14.3 Å². The molecule has 1 saturated carbocycles. The average Bonchev–Trinajstić information content (AvgIpc) is 2.64. The molecule has 0 aromatic carbocycles. The van der Waals surface area contributed by atoms with Gasteiger partial charge in [-0.25, -0.2) is 0 Å². The zero-order chi connectivity index (χ0) is 7.72. The molecule has 0 spiro atoms. The molecule has 0 bridgehead atoms. The van der Waals surface area contributed by atoms with Crippen molar-refractivity contribution in [2.45, 2.75) is 6.42 Å². The fourth-order valence-electron chi connectivity index (χ4n) is 0.858. The van der Waals surface area contributed by atoms with Crippen molar-refractivity contribution in [3.63, 3.8) is 0 Å². The van der Waals surface area contributed by atoms with Crippen LogP contribution in [0.3, 0.4) is 0 Å². The highest BCUT2D eigenvalue weighted by Crippen LogP contribution is 2.40. The topological polar surface area (TPSA) is 43.4 Å². The van der Waals surface area contributed by atoms with Gasteiger partial charge in [-0.2, -0.15) is 0 Å². The van der Waals surface area contributed by atoms with Gasteiger partial charge >= 0.3 is 5.97 Å². The third-order valence-electron chi connectivity index (χ3n) is 1.59. The molecule has 2 atom stereocenters. The Bertz CT molecular complexity index is 178. The molecule has 0 radical (unpaired) electrons. The molecule has 1 aliphatic carbocycles. The summed E-state index contributed by atoms with van der Waals surface area (Å²) in [6, 6.07) is 0. The molecule has 3 nitrogen and oxygen atoms in total. The maximum atomic E-state index is 10.7. The minimum Gasteiger partial charge on any atom is -0.469 e. The van der Waals surface area contributed by atoms with Gasteiger partial charge < -0.3 is 4.74 Å². The molecule has 0 amide bonds. The van der Waals surface area contributed by atoms with Crippen LogP contribution < -0.4 is 0 Å². The third-order valence-corrected chi connectivity index (χ3v) is 1.87. The first-order chi connectivity index (χ1) is 4.66. The van der Waals surface area contributed by atoms with Gasteiger partial charge in [-0.15, -0.1) is 0 Å². The van der Waals surface area contributed by atoms with Gasteiger partial charge in [-0.3, -0.25) is 9.59 Å². The summed E-state index contributed by atoms with van der Waals surface area (Å²) in [5, 5.41) is -0.435. The van der Waals surface area contributed by atoms with Gasteiger partial charge in [0.2, 0.25) is 5.24 Å². The van der Waals surface area contributed by atoms with Gasteiger partial charge in [0.05, 0.1) is 13.0 Å². The average molecular weight is 163 g/mol. The van der Waals surface area contributed by atoms with Gasteiger partial charge in [0, 0.05) is 5.92 Å². The number of esters is 1. The van der Waals surface area contributed by atoms with Crippen molar-refractivity contribution >= 4 is 22.8 Å². The SMILES string of the molecule is COC(=O)[C@H]1C[C@H]1C(=O)Cl. The number of halogens is 1. The summed E-state index contributed by atoms with van der Waals surface area (Å²) in [5.74, 6) is -0.886. The van der Waals surface area contributed by atoms with E-state index in [1.807, 2.05) is 0 Å². The molecule has 0 heterocycles. The van der Waals surface area contributed by atoms with Crippen LogP contribution in [-0.2, 0) is 14.3 Å². The van der Waals surface area contributed by atoms with Crippen LogP contribution in [0.5, 0.6) is 0 Å². The Morgan fingerprint density at radius 3 is 2.40 bits per heavy atom. The molecule has 0 unspecified atom stereocenters. The number of methoxy groups -OCH3 is 1. The Hall–Kier alpha value is -0.570. The van der Waals surface area contributed by atoms with Crippen LogP contribution in [0.4, 0.5) is 0 Å². The molecule has 1 fully saturated rings. The predicted octanol–water partition coefficient (Wildman–Crippen LogP) is 0.561. The quantitative estimate of drug-likeness (QED) is 0.440. The normalized spacial score (nSPS) is 29.4. The fourth-order valence-corrected chi connectivity index (χ4v) is 1.10. The molecular weight excluding hydrogens is 156 g/mol. The highest BCUT2D eigenvalue weighted by Gasteiger charge is 2.48. The maximum absolute atomic E-state index is 10.7. The number of carbonyl (C=O) groups excluding carboxylic acids is 2. The second-order valence-corrected chi connectivity index (χ2v) is 2.65. The summed E-state index contributed by atoms with van der Waals surface area (Å²) in [6.45, 7) is 0. The van der Waals surface area contributed by atoms with Gasteiger partial charge in [0.1, 0.15) is 0 Å². The van der Waals surface area contributed by atoms with E-state index in [2.05, 4.69) is 4.74 Å². The number of hydrogen-bond donors (Lipinski definition) is 0. The van der Waals surface area contributed by atoms with Crippen molar-refractivity contribution in [3.8, 4) is 0 Å². The Balaban J connectivity index is 2.38. The first kappa shape index (κ1) is 7.54. The number of ether oxygens (including phenoxy) is 1. The highest BCUT2D eigenvalue weighted by molar-refractivity contribution is 6.64. The van der Waals surface area contributed by atoms with Crippen LogP contribution in [0.25, 0.3) is 0 Å². The zero-order valence-corrected chi connectivity index (χ0v) is 6.22. The molecule has 0 N–H and O–H groups in total. The van der Waals surface area contributed by atoms with Gasteiger partial charge in [-0.1, -0.05) is 0 Å². The van der Waals surface area contributed by atoms with Crippen molar-refractivity contribution in [1.29, 1.82) is 0 Å². The van der Waals surface area contributed by atoms with E-state index >= 15 is 0 Å². The van der Waals surface area contributed by atoms with E-state index < -0.39 is 5.24 Å². The Kier molecular flexibility index (Phi) is 1.94. The number of carbonyl (C=O) groups is 2. The van der Waals surface area contributed by atoms with E-state index in [0.717, 1.165) is 0 Å². The highest BCUT2D eigenvalue weighted by atomic mass is 35.5. The molecule has 0 aromatic rings. The summed E-state index contributed by atoms with van der Waals surface area (Å²) in [5.41, 5.74) is 0. The van der Waals surface area contributed by atoms with Crippen LogP contribution in [-0.4, -0.2) is 18.3 Å². The molecule has 4 heteroatoms. The lowest BCUT2D eigenvalue weighted by Gasteiger charge is -1.92. The van der Waals surface area contributed by atoms with E-state index in [0.29, 0.717) is 6.42 Å². The van der Waals surface area contributed by atoms with E-state index in [1.165, 1.54) is 7.11 Å². The fraction of sp³-hybridized carbons (Fsp3) is 0.667. The summed E-state index contributed by atoms with van der Waals surface area (Å²) in [6.07, 6.45) is 0.551. The second-order valence-electron chi connectivity index (χ2n) is 2.28. The van der Waals surface area contributed by atoms with Crippen LogP contribution in [0.2, 0.25) is 0 Å². The third kappa shape index (κ3) is 1.29. The molecule has 1 rings (SSSR count). The predicted molar refractivity (Wildman–Crippen MR) is 34.5 cm³/mol. The molecule has 1 aliphatic rings. The molecule has 0 aromatic heterocycles. The maximum Gasteiger partial charge on any atom is 0.309 e.